The Morgan fingerprint density at radius 1 is 0.185 bits per heavy atom. The molecular formula is C51H35N3. The minimum atomic E-state index is 0.612. The molecule has 0 aliphatic rings. The molecule has 0 spiro atoms. The lowest BCUT2D eigenvalue weighted by Gasteiger charge is -2.17. The van der Waals surface area contributed by atoms with Gasteiger partial charge in [0, 0.05) is 16.7 Å². The lowest BCUT2D eigenvalue weighted by atomic mass is 9.88. The SMILES string of the molecule is c1ccc(-c2cccc(-c3nc(-c4ccc(-c5ccccc5)c(-c5ccccc5-c5ccccc5)c4)nc(-c4ccccc4-c4ccccc4)n3)c2)cc1. The summed E-state index contributed by atoms with van der Waals surface area (Å²) in [5.74, 6) is 1.85. The highest BCUT2D eigenvalue weighted by atomic mass is 15.0. The van der Waals surface area contributed by atoms with Crippen molar-refractivity contribution in [3.8, 4) is 89.8 Å². The fraction of sp³-hybridized carbons (Fsp3) is 0. The van der Waals surface area contributed by atoms with E-state index in [1.54, 1.807) is 0 Å². The lowest BCUT2D eigenvalue weighted by Crippen LogP contribution is -2.01. The van der Waals surface area contributed by atoms with Crippen molar-refractivity contribution in [2.24, 2.45) is 0 Å². The third-order valence-electron chi connectivity index (χ3n) is 9.78. The Kier molecular flexibility index (Phi) is 8.94. The molecule has 1 aromatic heterocycles. The van der Waals surface area contributed by atoms with Crippen molar-refractivity contribution in [1.82, 2.24) is 15.0 Å². The van der Waals surface area contributed by atoms with E-state index in [0.29, 0.717) is 17.5 Å². The van der Waals surface area contributed by atoms with Crippen LogP contribution >= 0.6 is 0 Å². The predicted octanol–water partition coefficient (Wildman–Crippen LogP) is 13.2. The first-order valence-corrected chi connectivity index (χ1v) is 18.2. The van der Waals surface area contributed by atoms with Gasteiger partial charge in [0.15, 0.2) is 17.5 Å². The Bertz CT molecular complexity index is 2690. The van der Waals surface area contributed by atoms with Crippen LogP contribution in [0.3, 0.4) is 0 Å². The molecule has 0 radical (unpaired) electrons. The van der Waals surface area contributed by atoms with Gasteiger partial charge in [-0.15, -0.1) is 0 Å². The van der Waals surface area contributed by atoms with Crippen LogP contribution in [-0.4, -0.2) is 15.0 Å². The zero-order valence-electron chi connectivity index (χ0n) is 29.5. The molecule has 0 atom stereocenters. The molecule has 0 aliphatic carbocycles. The maximum Gasteiger partial charge on any atom is 0.164 e. The molecule has 54 heavy (non-hydrogen) atoms. The summed E-state index contributed by atoms with van der Waals surface area (Å²) in [6.45, 7) is 0. The molecule has 9 rings (SSSR count). The molecular weight excluding hydrogens is 655 g/mol. The summed E-state index contributed by atoms with van der Waals surface area (Å²) in [7, 11) is 0. The normalized spacial score (nSPS) is 11.0. The van der Waals surface area contributed by atoms with Crippen LogP contribution in [0.25, 0.3) is 89.8 Å². The molecule has 0 bridgehead atoms. The number of hydrogen-bond acceptors (Lipinski definition) is 3. The van der Waals surface area contributed by atoms with Crippen molar-refractivity contribution in [2.75, 3.05) is 0 Å². The van der Waals surface area contributed by atoms with Crippen LogP contribution in [0.15, 0.2) is 212 Å². The second-order valence-corrected chi connectivity index (χ2v) is 13.2. The van der Waals surface area contributed by atoms with Crippen molar-refractivity contribution in [2.45, 2.75) is 0 Å². The first kappa shape index (κ1) is 32.7. The Balaban J connectivity index is 1.27. The third-order valence-corrected chi connectivity index (χ3v) is 9.78. The van der Waals surface area contributed by atoms with Gasteiger partial charge in [0.05, 0.1) is 0 Å². The van der Waals surface area contributed by atoms with Gasteiger partial charge in [-0.2, -0.15) is 0 Å². The Morgan fingerprint density at radius 3 is 1.11 bits per heavy atom. The molecule has 0 unspecified atom stereocenters. The van der Waals surface area contributed by atoms with E-state index in [9.17, 15) is 0 Å². The fourth-order valence-electron chi connectivity index (χ4n) is 7.13. The third kappa shape index (κ3) is 6.63. The summed E-state index contributed by atoms with van der Waals surface area (Å²) >= 11 is 0. The first-order chi connectivity index (χ1) is 26.8. The molecule has 0 fully saturated rings. The van der Waals surface area contributed by atoms with Crippen LogP contribution in [0.2, 0.25) is 0 Å². The lowest BCUT2D eigenvalue weighted by molar-refractivity contribution is 1.07. The van der Waals surface area contributed by atoms with Gasteiger partial charge >= 0.3 is 0 Å². The fourth-order valence-corrected chi connectivity index (χ4v) is 7.13. The van der Waals surface area contributed by atoms with Crippen LogP contribution in [0.4, 0.5) is 0 Å². The summed E-state index contributed by atoms with van der Waals surface area (Å²) < 4.78 is 0. The van der Waals surface area contributed by atoms with E-state index in [1.165, 1.54) is 5.56 Å². The van der Waals surface area contributed by atoms with E-state index in [0.717, 1.165) is 66.8 Å². The second kappa shape index (κ2) is 14.8. The van der Waals surface area contributed by atoms with E-state index in [4.69, 9.17) is 15.0 Å². The molecule has 0 saturated carbocycles. The van der Waals surface area contributed by atoms with Crippen molar-refractivity contribution in [1.29, 1.82) is 0 Å². The number of nitrogens with zero attached hydrogens (tertiary/aromatic N) is 3. The topological polar surface area (TPSA) is 38.7 Å². The monoisotopic (exact) mass is 689 g/mol. The minimum Gasteiger partial charge on any atom is -0.208 e. The molecule has 1 heterocycles. The number of hydrogen-bond donors (Lipinski definition) is 0. The van der Waals surface area contributed by atoms with Crippen molar-refractivity contribution >= 4 is 0 Å². The van der Waals surface area contributed by atoms with E-state index in [1.807, 2.05) is 18.2 Å². The second-order valence-electron chi connectivity index (χ2n) is 13.2. The summed E-state index contributed by atoms with van der Waals surface area (Å²) in [5, 5.41) is 0. The molecule has 254 valence electrons. The van der Waals surface area contributed by atoms with Crippen LogP contribution in [-0.2, 0) is 0 Å². The summed E-state index contributed by atoms with van der Waals surface area (Å²) in [6.07, 6.45) is 0. The minimum absolute atomic E-state index is 0.612. The smallest absolute Gasteiger partial charge is 0.164 e. The van der Waals surface area contributed by atoms with Gasteiger partial charge in [-0.3, -0.25) is 0 Å². The molecule has 3 heteroatoms. The van der Waals surface area contributed by atoms with E-state index in [2.05, 4.69) is 194 Å². The zero-order chi connectivity index (χ0) is 36.1. The van der Waals surface area contributed by atoms with Crippen LogP contribution in [0.1, 0.15) is 0 Å². The van der Waals surface area contributed by atoms with E-state index < -0.39 is 0 Å². The highest BCUT2D eigenvalue weighted by Crippen LogP contribution is 2.41. The molecule has 0 N–H and O–H groups in total. The standard InChI is InChI=1S/C51H35N3/c1-5-18-36(19-6-1)40-26-17-27-41(34-40)49-52-50(54-51(53-49)47-31-16-14-29-44(47)38-22-9-3-10-23-38)42-32-33-45(39-24-11-4-12-25-39)48(35-42)46-30-15-13-28-43(46)37-20-7-2-8-21-37/h1-35H. The number of benzene rings is 8. The van der Waals surface area contributed by atoms with E-state index >= 15 is 0 Å². The predicted molar refractivity (Wildman–Crippen MR) is 223 cm³/mol. The van der Waals surface area contributed by atoms with Gasteiger partial charge in [0.2, 0.25) is 0 Å². The highest BCUT2D eigenvalue weighted by molar-refractivity contribution is 5.93. The molecule has 8 aromatic carbocycles. The molecule has 0 amide bonds. The average Bonchev–Trinajstić information content (AvgIpc) is 3.27. The Hall–Kier alpha value is -7.23. The molecule has 3 nitrogen and oxygen atoms in total. The average molecular weight is 690 g/mol. The van der Waals surface area contributed by atoms with Crippen LogP contribution in [0.5, 0.6) is 0 Å². The van der Waals surface area contributed by atoms with Gasteiger partial charge in [-0.1, -0.05) is 200 Å². The van der Waals surface area contributed by atoms with Crippen molar-refractivity contribution in [3.63, 3.8) is 0 Å². The van der Waals surface area contributed by atoms with Gasteiger partial charge in [-0.05, 0) is 67.8 Å². The Morgan fingerprint density at radius 2 is 0.556 bits per heavy atom. The van der Waals surface area contributed by atoms with Gasteiger partial charge in [-0.25, -0.2) is 15.0 Å². The van der Waals surface area contributed by atoms with Gasteiger partial charge in [0.25, 0.3) is 0 Å². The molecule has 9 aromatic rings. The Labute approximate surface area is 316 Å². The van der Waals surface area contributed by atoms with Gasteiger partial charge < -0.3 is 0 Å². The zero-order valence-corrected chi connectivity index (χ0v) is 29.5. The largest absolute Gasteiger partial charge is 0.208 e. The summed E-state index contributed by atoms with van der Waals surface area (Å²) in [6, 6.07) is 74.1. The quantitative estimate of drug-likeness (QED) is 0.159. The summed E-state index contributed by atoms with van der Waals surface area (Å²) in [5.41, 5.74) is 14.1. The number of rotatable bonds is 8. The summed E-state index contributed by atoms with van der Waals surface area (Å²) in [4.78, 5) is 15.7. The molecule has 0 aliphatic heterocycles. The van der Waals surface area contributed by atoms with Crippen molar-refractivity contribution < 1.29 is 0 Å². The maximum atomic E-state index is 5.26. The number of aromatic nitrogens is 3. The van der Waals surface area contributed by atoms with E-state index in [-0.39, 0.29) is 0 Å². The van der Waals surface area contributed by atoms with Crippen LogP contribution in [0, 0.1) is 0 Å². The highest BCUT2D eigenvalue weighted by Gasteiger charge is 2.19. The van der Waals surface area contributed by atoms with Crippen molar-refractivity contribution in [3.05, 3.63) is 212 Å². The first-order valence-electron chi connectivity index (χ1n) is 18.2. The van der Waals surface area contributed by atoms with Gasteiger partial charge in [0.1, 0.15) is 0 Å². The maximum absolute atomic E-state index is 5.26. The molecule has 0 saturated heterocycles. The van der Waals surface area contributed by atoms with Crippen LogP contribution < -0.4 is 0 Å².